The van der Waals surface area contributed by atoms with Gasteiger partial charge in [0.25, 0.3) is 0 Å². The average Bonchev–Trinajstić information content (AvgIpc) is 2.40. The maximum absolute atomic E-state index is 5.40. The number of methoxy groups -OCH3 is 1. The van der Waals surface area contributed by atoms with Crippen LogP contribution in [0.3, 0.4) is 0 Å². The van der Waals surface area contributed by atoms with E-state index in [2.05, 4.69) is 41.3 Å². The van der Waals surface area contributed by atoms with Crippen LogP contribution in [0.25, 0.3) is 11.3 Å². The SMILES string of the molecule is CNc1ncnc(-c2ccc(C)c(C)c2)c1OC. The van der Waals surface area contributed by atoms with Gasteiger partial charge in [-0.15, -0.1) is 0 Å². The van der Waals surface area contributed by atoms with Crippen LogP contribution in [0.4, 0.5) is 5.82 Å². The van der Waals surface area contributed by atoms with Gasteiger partial charge in [0.2, 0.25) is 0 Å². The first-order chi connectivity index (χ1) is 8.67. The van der Waals surface area contributed by atoms with Crippen molar-refractivity contribution >= 4 is 5.82 Å². The zero-order chi connectivity index (χ0) is 13.1. The van der Waals surface area contributed by atoms with E-state index in [1.54, 1.807) is 13.4 Å². The van der Waals surface area contributed by atoms with Crippen molar-refractivity contribution in [2.45, 2.75) is 13.8 Å². The quantitative estimate of drug-likeness (QED) is 0.900. The second kappa shape index (κ2) is 5.04. The second-order valence-electron chi connectivity index (χ2n) is 4.15. The Morgan fingerprint density at radius 1 is 1.11 bits per heavy atom. The molecule has 94 valence electrons. The number of aromatic nitrogens is 2. The maximum atomic E-state index is 5.40. The summed E-state index contributed by atoms with van der Waals surface area (Å²) in [5.74, 6) is 1.36. The first-order valence-electron chi connectivity index (χ1n) is 5.81. The van der Waals surface area contributed by atoms with E-state index < -0.39 is 0 Å². The summed E-state index contributed by atoms with van der Waals surface area (Å²) in [6, 6.07) is 6.25. The van der Waals surface area contributed by atoms with Crippen molar-refractivity contribution < 1.29 is 4.74 Å². The molecule has 1 aromatic heterocycles. The van der Waals surface area contributed by atoms with E-state index in [0.29, 0.717) is 11.6 Å². The number of hydrogen-bond donors (Lipinski definition) is 1. The molecule has 1 heterocycles. The smallest absolute Gasteiger partial charge is 0.187 e. The fourth-order valence-corrected chi connectivity index (χ4v) is 1.84. The molecule has 2 rings (SSSR count). The van der Waals surface area contributed by atoms with Crippen molar-refractivity contribution in [1.29, 1.82) is 0 Å². The molecule has 0 atom stereocenters. The van der Waals surface area contributed by atoms with Gasteiger partial charge in [-0.25, -0.2) is 9.97 Å². The van der Waals surface area contributed by atoms with Crippen LogP contribution in [0.1, 0.15) is 11.1 Å². The Balaban J connectivity index is 2.59. The third kappa shape index (κ3) is 2.14. The Bertz CT molecular complexity index is 567. The molecule has 0 radical (unpaired) electrons. The van der Waals surface area contributed by atoms with Gasteiger partial charge in [-0.05, 0) is 31.0 Å². The van der Waals surface area contributed by atoms with Crippen LogP contribution in [-0.2, 0) is 0 Å². The number of ether oxygens (including phenoxy) is 1. The summed E-state index contributed by atoms with van der Waals surface area (Å²) in [6.45, 7) is 4.18. The fourth-order valence-electron chi connectivity index (χ4n) is 1.84. The van der Waals surface area contributed by atoms with Crippen molar-refractivity contribution in [3.05, 3.63) is 35.7 Å². The molecular formula is C14H17N3O. The predicted molar refractivity (Wildman–Crippen MR) is 73.0 cm³/mol. The largest absolute Gasteiger partial charge is 0.491 e. The second-order valence-corrected chi connectivity index (χ2v) is 4.15. The third-order valence-corrected chi connectivity index (χ3v) is 3.03. The lowest BCUT2D eigenvalue weighted by Gasteiger charge is -2.12. The molecule has 0 saturated heterocycles. The maximum Gasteiger partial charge on any atom is 0.187 e. The Kier molecular flexibility index (Phi) is 3.46. The lowest BCUT2D eigenvalue weighted by Crippen LogP contribution is -2.00. The molecule has 1 N–H and O–H groups in total. The minimum Gasteiger partial charge on any atom is -0.491 e. The Morgan fingerprint density at radius 3 is 2.50 bits per heavy atom. The standard InChI is InChI=1S/C14H17N3O/c1-9-5-6-11(7-10(9)2)12-13(18-4)14(15-3)17-8-16-12/h5-8H,1-4H3,(H,15,16,17). The van der Waals surface area contributed by atoms with Crippen LogP contribution in [0.15, 0.2) is 24.5 Å². The molecule has 0 fully saturated rings. The molecule has 0 aliphatic carbocycles. The number of benzene rings is 1. The number of nitrogens with zero attached hydrogens (tertiary/aromatic N) is 2. The number of rotatable bonds is 3. The molecule has 0 unspecified atom stereocenters. The predicted octanol–water partition coefficient (Wildman–Crippen LogP) is 2.81. The third-order valence-electron chi connectivity index (χ3n) is 3.03. The number of aryl methyl sites for hydroxylation is 2. The van der Waals surface area contributed by atoms with Crippen molar-refractivity contribution in [1.82, 2.24) is 9.97 Å². The summed E-state index contributed by atoms with van der Waals surface area (Å²) >= 11 is 0. The van der Waals surface area contributed by atoms with E-state index in [9.17, 15) is 0 Å². The normalized spacial score (nSPS) is 10.2. The zero-order valence-electron chi connectivity index (χ0n) is 11.1. The summed E-state index contributed by atoms with van der Waals surface area (Å²) in [6.07, 6.45) is 1.54. The van der Waals surface area contributed by atoms with Crippen LogP contribution in [0.5, 0.6) is 5.75 Å². The highest BCUT2D eigenvalue weighted by atomic mass is 16.5. The van der Waals surface area contributed by atoms with E-state index in [1.807, 2.05) is 13.1 Å². The Labute approximate surface area is 107 Å². The number of anilines is 1. The average molecular weight is 243 g/mol. The van der Waals surface area contributed by atoms with E-state index in [4.69, 9.17) is 4.74 Å². The summed E-state index contributed by atoms with van der Waals surface area (Å²) in [7, 11) is 3.44. The molecule has 4 heteroatoms. The molecule has 0 bridgehead atoms. The van der Waals surface area contributed by atoms with Gasteiger partial charge in [0, 0.05) is 12.6 Å². The highest BCUT2D eigenvalue weighted by Crippen LogP contribution is 2.33. The first-order valence-corrected chi connectivity index (χ1v) is 5.81. The van der Waals surface area contributed by atoms with Gasteiger partial charge in [0.05, 0.1) is 7.11 Å². The summed E-state index contributed by atoms with van der Waals surface area (Å²) in [4.78, 5) is 8.47. The van der Waals surface area contributed by atoms with Crippen molar-refractivity contribution in [2.75, 3.05) is 19.5 Å². The highest BCUT2D eigenvalue weighted by Gasteiger charge is 2.13. The van der Waals surface area contributed by atoms with E-state index in [0.717, 1.165) is 11.3 Å². The van der Waals surface area contributed by atoms with Crippen LogP contribution in [0, 0.1) is 13.8 Å². The molecular weight excluding hydrogens is 226 g/mol. The Hall–Kier alpha value is -2.10. The molecule has 2 aromatic rings. The van der Waals surface area contributed by atoms with Crippen molar-refractivity contribution in [3.8, 4) is 17.0 Å². The van der Waals surface area contributed by atoms with Crippen LogP contribution in [0.2, 0.25) is 0 Å². The molecule has 0 saturated carbocycles. The summed E-state index contributed by atoms with van der Waals surface area (Å²) in [5, 5.41) is 3.01. The monoisotopic (exact) mass is 243 g/mol. The minimum atomic E-state index is 0.670. The van der Waals surface area contributed by atoms with Crippen molar-refractivity contribution in [2.24, 2.45) is 0 Å². The highest BCUT2D eigenvalue weighted by molar-refractivity contribution is 5.73. The number of nitrogens with one attached hydrogen (secondary N) is 1. The topological polar surface area (TPSA) is 47.0 Å². The minimum absolute atomic E-state index is 0.670. The van der Waals surface area contributed by atoms with Gasteiger partial charge < -0.3 is 10.1 Å². The molecule has 18 heavy (non-hydrogen) atoms. The summed E-state index contributed by atoms with van der Waals surface area (Å²) in [5.41, 5.74) is 4.34. The van der Waals surface area contributed by atoms with E-state index in [-0.39, 0.29) is 0 Å². The van der Waals surface area contributed by atoms with Gasteiger partial charge in [-0.2, -0.15) is 0 Å². The van der Waals surface area contributed by atoms with Gasteiger partial charge in [0.1, 0.15) is 12.0 Å². The van der Waals surface area contributed by atoms with E-state index in [1.165, 1.54) is 11.1 Å². The number of hydrogen-bond acceptors (Lipinski definition) is 4. The molecule has 4 nitrogen and oxygen atoms in total. The fraction of sp³-hybridized carbons (Fsp3) is 0.286. The van der Waals surface area contributed by atoms with Gasteiger partial charge in [-0.1, -0.05) is 12.1 Å². The van der Waals surface area contributed by atoms with Gasteiger partial charge in [-0.3, -0.25) is 0 Å². The first kappa shape index (κ1) is 12.4. The lowest BCUT2D eigenvalue weighted by molar-refractivity contribution is 0.415. The van der Waals surface area contributed by atoms with E-state index >= 15 is 0 Å². The molecule has 0 aliphatic heterocycles. The van der Waals surface area contributed by atoms with Gasteiger partial charge >= 0.3 is 0 Å². The molecule has 0 amide bonds. The Morgan fingerprint density at radius 2 is 1.89 bits per heavy atom. The molecule has 1 aromatic carbocycles. The lowest BCUT2D eigenvalue weighted by atomic mass is 10.0. The van der Waals surface area contributed by atoms with Crippen LogP contribution < -0.4 is 10.1 Å². The molecule has 0 aliphatic rings. The molecule has 0 spiro atoms. The van der Waals surface area contributed by atoms with Crippen molar-refractivity contribution in [3.63, 3.8) is 0 Å². The van der Waals surface area contributed by atoms with Crippen LogP contribution >= 0.6 is 0 Å². The van der Waals surface area contributed by atoms with Gasteiger partial charge in [0.15, 0.2) is 11.6 Å². The van der Waals surface area contributed by atoms with Crippen LogP contribution in [-0.4, -0.2) is 24.1 Å². The summed E-state index contributed by atoms with van der Waals surface area (Å²) < 4.78 is 5.40. The zero-order valence-corrected chi connectivity index (χ0v) is 11.1.